The summed E-state index contributed by atoms with van der Waals surface area (Å²) in [4.78, 5) is 0. The second kappa shape index (κ2) is 4.81. The van der Waals surface area contributed by atoms with Crippen LogP contribution in [0.1, 0.15) is 12.5 Å². The minimum absolute atomic E-state index is 0.0959. The quantitative estimate of drug-likeness (QED) is 0.891. The zero-order chi connectivity index (χ0) is 11.6. The molecule has 15 heavy (non-hydrogen) atoms. The summed E-state index contributed by atoms with van der Waals surface area (Å²) in [6.45, 7) is 1.76. The number of rotatable bonds is 3. The Morgan fingerprint density at radius 2 is 2.27 bits per heavy atom. The predicted octanol–water partition coefficient (Wildman–Crippen LogP) is 2.19. The molecule has 1 rings (SSSR count). The first kappa shape index (κ1) is 12.3. The van der Waals surface area contributed by atoms with Gasteiger partial charge in [0.1, 0.15) is 5.82 Å². The molecular weight excluding hydrogens is 265 g/mol. The molecule has 1 aromatic carbocycles. The normalized spacial score (nSPS) is 12.6. The summed E-state index contributed by atoms with van der Waals surface area (Å²) in [6.07, 6.45) is 0.308. The molecular formula is C10H13BrFNO2. The molecule has 3 nitrogen and oxygen atoms in total. The summed E-state index contributed by atoms with van der Waals surface area (Å²) < 4.78 is 18.8. The van der Waals surface area contributed by atoms with Crippen molar-refractivity contribution in [3.63, 3.8) is 0 Å². The molecule has 0 heterocycles. The lowest BCUT2D eigenvalue weighted by Crippen LogP contribution is -2.19. The van der Waals surface area contributed by atoms with Crippen LogP contribution >= 0.6 is 15.9 Å². The first-order chi connectivity index (χ1) is 6.97. The number of aromatic hydroxyl groups is 1. The number of hydrogen-bond acceptors (Lipinski definition) is 3. The molecule has 0 aliphatic heterocycles. The molecule has 84 valence electrons. The lowest BCUT2D eigenvalue weighted by Gasteiger charge is -2.14. The molecule has 0 saturated carbocycles. The smallest absolute Gasteiger partial charge is 0.166 e. The van der Waals surface area contributed by atoms with Crippen molar-refractivity contribution in [2.75, 3.05) is 7.11 Å². The average Bonchev–Trinajstić information content (AvgIpc) is 2.13. The summed E-state index contributed by atoms with van der Waals surface area (Å²) in [6, 6.07) is 1.06. The van der Waals surface area contributed by atoms with E-state index in [0.29, 0.717) is 12.0 Å². The molecule has 0 bridgehead atoms. The fourth-order valence-electron chi connectivity index (χ4n) is 1.38. The van der Waals surface area contributed by atoms with Gasteiger partial charge in [-0.2, -0.15) is 0 Å². The predicted molar refractivity (Wildman–Crippen MR) is 59.7 cm³/mol. The van der Waals surface area contributed by atoms with Gasteiger partial charge in [-0.15, -0.1) is 0 Å². The van der Waals surface area contributed by atoms with Crippen LogP contribution in [0.2, 0.25) is 0 Å². The Morgan fingerprint density at radius 1 is 1.67 bits per heavy atom. The highest BCUT2D eigenvalue weighted by Crippen LogP contribution is 2.36. The third kappa shape index (κ3) is 2.60. The van der Waals surface area contributed by atoms with E-state index in [1.807, 2.05) is 0 Å². The van der Waals surface area contributed by atoms with E-state index in [9.17, 15) is 9.50 Å². The fraction of sp³-hybridized carbons (Fsp3) is 0.400. The lowest BCUT2D eigenvalue weighted by molar-refractivity contribution is 0.363. The van der Waals surface area contributed by atoms with Gasteiger partial charge in [0.25, 0.3) is 0 Å². The maximum atomic E-state index is 13.7. The van der Waals surface area contributed by atoms with Gasteiger partial charge >= 0.3 is 0 Å². The van der Waals surface area contributed by atoms with Crippen LogP contribution in [0, 0.1) is 5.82 Å². The molecule has 0 radical (unpaired) electrons. The summed E-state index contributed by atoms with van der Waals surface area (Å²) in [5.74, 6) is -0.392. The second-order valence-electron chi connectivity index (χ2n) is 3.38. The maximum absolute atomic E-state index is 13.7. The Bertz CT molecular complexity index is 369. The highest BCUT2D eigenvalue weighted by molar-refractivity contribution is 9.10. The van der Waals surface area contributed by atoms with Crippen LogP contribution in [0.3, 0.4) is 0 Å². The summed E-state index contributed by atoms with van der Waals surface area (Å²) in [5, 5.41) is 9.55. The summed E-state index contributed by atoms with van der Waals surface area (Å²) in [7, 11) is 1.38. The Kier molecular flexibility index (Phi) is 3.93. The molecule has 5 heteroatoms. The maximum Gasteiger partial charge on any atom is 0.166 e. The second-order valence-corrected chi connectivity index (χ2v) is 4.24. The van der Waals surface area contributed by atoms with Crippen molar-refractivity contribution >= 4 is 15.9 Å². The van der Waals surface area contributed by atoms with E-state index in [0.717, 1.165) is 0 Å². The average molecular weight is 278 g/mol. The number of hydrogen-bond donors (Lipinski definition) is 2. The molecule has 3 N–H and O–H groups in total. The lowest BCUT2D eigenvalue weighted by atomic mass is 10.1. The number of ether oxygens (including phenoxy) is 1. The van der Waals surface area contributed by atoms with Gasteiger partial charge in [-0.3, -0.25) is 0 Å². The van der Waals surface area contributed by atoms with Crippen LogP contribution in [0.5, 0.6) is 11.5 Å². The molecule has 0 fully saturated rings. The topological polar surface area (TPSA) is 55.5 Å². The third-order valence-electron chi connectivity index (χ3n) is 1.98. The first-order valence-electron chi connectivity index (χ1n) is 4.46. The Labute approximate surface area is 96.2 Å². The minimum Gasteiger partial charge on any atom is -0.504 e. The largest absolute Gasteiger partial charge is 0.504 e. The standard InChI is InChI=1S/C10H13BrFNO2/c1-5(13)3-6-9(12)7(11)4-8(14)10(6)15-2/h4-5,14H,3,13H2,1-2H3. The Morgan fingerprint density at radius 3 is 2.73 bits per heavy atom. The number of benzene rings is 1. The van der Waals surface area contributed by atoms with Crippen LogP contribution in [0.25, 0.3) is 0 Å². The molecule has 0 aliphatic rings. The number of methoxy groups -OCH3 is 1. The molecule has 0 amide bonds. The molecule has 0 aliphatic carbocycles. The van der Waals surface area contributed by atoms with Crippen molar-refractivity contribution in [1.29, 1.82) is 0 Å². The van der Waals surface area contributed by atoms with Gasteiger partial charge in [-0.05, 0) is 29.3 Å². The van der Waals surface area contributed by atoms with Gasteiger partial charge in [-0.1, -0.05) is 0 Å². The van der Waals surface area contributed by atoms with Crippen LogP contribution in [0.4, 0.5) is 4.39 Å². The van der Waals surface area contributed by atoms with Crippen molar-refractivity contribution in [2.45, 2.75) is 19.4 Å². The number of phenols is 1. The highest BCUT2D eigenvalue weighted by Gasteiger charge is 2.18. The van der Waals surface area contributed by atoms with E-state index < -0.39 is 5.82 Å². The molecule has 0 aromatic heterocycles. The number of phenolic OH excluding ortho intramolecular Hbond substituents is 1. The van der Waals surface area contributed by atoms with Crippen molar-refractivity contribution in [3.8, 4) is 11.5 Å². The van der Waals surface area contributed by atoms with E-state index in [4.69, 9.17) is 10.5 Å². The van der Waals surface area contributed by atoms with Gasteiger partial charge in [-0.25, -0.2) is 4.39 Å². The fourth-order valence-corrected chi connectivity index (χ4v) is 1.84. The van der Waals surface area contributed by atoms with Crippen molar-refractivity contribution in [2.24, 2.45) is 5.73 Å². The van der Waals surface area contributed by atoms with E-state index in [2.05, 4.69) is 15.9 Å². The molecule has 0 spiro atoms. The van der Waals surface area contributed by atoms with Gasteiger partial charge in [0.15, 0.2) is 11.5 Å². The number of halogens is 2. The van der Waals surface area contributed by atoms with E-state index >= 15 is 0 Å². The zero-order valence-electron chi connectivity index (χ0n) is 8.55. The molecule has 1 atom stereocenters. The molecule has 1 aromatic rings. The molecule has 1 unspecified atom stereocenters. The van der Waals surface area contributed by atoms with Crippen molar-refractivity contribution in [3.05, 3.63) is 21.9 Å². The molecule has 0 saturated heterocycles. The summed E-state index contributed by atoms with van der Waals surface area (Å²) in [5.41, 5.74) is 5.89. The monoisotopic (exact) mass is 277 g/mol. The Balaban J connectivity index is 3.30. The van der Waals surface area contributed by atoms with Crippen LogP contribution < -0.4 is 10.5 Å². The van der Waals surface area contributed by atoms with Gasteiger partial charge < -0.3 is 15.6 Å². The zero-order valence-corrected chi connectivity index (χ0v) is 10.1. The third-order valence-corrected chi connectivity index (χ3v) is 2.55. The minimum atomic E-state index is -0.443. The van der Waals surface area contributed by atoms with Gasteiger partial charge in [0, 0.05) is 17.7 Å². The first-order valence-corrected chi connectivity index (χ1v) is 5.26. The highest BCUT2D eigenvalue weighted by atomic mass is 79.9. The van der Waals surface area contributed by atoms with Gasteiger partial charge in [0.05, 0.1) is 11.6 Å². The van der Waals surface area contributed by atoms with E-state index in [-0.39, 0.29) is 22.0 Å². The van der Waals surface area contributed by atoms with E-state index in [1.165, 1.54) is 13.2 Å². The van der Waals surface area contributed by atoms with Crippen LogP contribution in [-0.2, 0) is 6.42 Å². The van der Waals surface area contributed by atoms with E-state index in [1.54, 1.807) is 6.92 Å². The van der Waals surface area contributed by atoms with Gasteiger partial charge in [0.2, 0.25) is 0 Å². The van der Waals surface area contributed by atoms with Crippen molar-refractivity contribution in [1.82, 2.24) is 0 Å². The Hall–Kier alpha value is -0.810. The van der Waals surface area contributed by atoms with Crippen LogP contribution in [0.15, 0.2) is 10.5 Å². The summed E-state index contributed by atoms with van der Waals surface area (Å²) >= 11 is 3.02. The van der Waals surface area contributed by atoms with Crippen LogP contribution in [-0.4, -0.2) is 18.3 Å². The SMILES string of the molecule is COc1c(O)cc(Br)c(F)c1CC(C)N. The van der Waals surface area contributed by atoms with Crippen molar-refractivity contribution < 1.29 is 14.2 Å². The number of nitrogens with two attached hydrogens (primary N) is 1.